The molecule has 0 radical (unpaired) electrons. The molecule has 1 aliphatic heterocycles. The average Bonchev–Trinajstić information content (AvgIpc) is 3.02. The van der Waals surface area contributed by atoms with Crippen LogP contribution in [0.3, 0.4) is 0 Å². The van der Waals surface area contributed by atoms with Gasteiger partial charge in [0.1, 0.15) is 5.82 Å². The van der Waals surface area contributed by atoms with Gasteiger partial charge in [0.2, 0.25) is 0 Å². The number of esters is 1. The molecule has 3 heterocycles. The molecular weight excluding hydrogens is 318 g/mol. The van der Waals surface area contributed by atoms with Gasteiger partial charge in [-0.05, 0) is 31.3 Å². The van der Waals surface area contributed by atoms with Gasteiger partial charge in [-0.2, -0.15) is 5.10 Å². The van der Waals surface area contributed by atoms with Gasteiger partial charge in [-0.1, -0.05) is 6.58 Å². The number of fused-ring (bicyclic) bond motifs is 1. The van der Waals surface area contributed by atoms with Crippen LogP contribution in [0.4, 0.5) is 5.82 Å². The highest BCUT2D eigenvalue weighted by molar-refractivity contribution is 5.88. The number of nitrogens with zero attached hydrogens (tertiary/aromatic N) is 5. The second kappa shape index (κ2) is 6.31. The lowest BCUT2D eigenvalue weighted by Crippen LogP contribution is -2.23. The van der Waals surface area contributed by atoms with Crippen molar-refractivity contribution in [2.24, 2.45) is 11.8 Å². The molecule has 2 aromatic heterocycles. The van der Waals surface area contributed by atoms with E-state index in [0.717, 1.165) is 42.1 Å². The molecule has 2 fully saturated rings. The molecule has 4 rings (SSSR count). The number of hydrogen-bond acceptors (Lipinski definition) is 6. The van der Waals surface area contributed by atoms with Gasteiger partial charge in [-0.25, -0.2) is 9.78 Å². The molecule has 2 unspecified atom stereocenters. The van der Waals surface area contributed by atoms with Crippen molar-refractivity contribution < 1.29 is 9.53 Å². The summed E-state index contributed by atoms with van der Waals surface area (Å²) in [6.45, 7) is 8.57. The Hall–Kier alpha value is -2.70. The van der Waals surface area contributed by atoms with Crippen molar-refractivity contribution in [3.05, 3.63) is 42.1 Å². The maximum atomic E-state index is 11.7. The number of piperidine rings is 1. The zero-order valence-corrected chi connectivity index (χ0v) is 14.3. The largest absolute Gasteiger partial charge is 0.462 e. The first-order valence-corrected chi connectivity index (χ1v) is 8.60. The van der Waals surface area contributed by atoms with Crippen LogP contribution in [0.25, 0.3) is 6.08 Å². The van der Waals surface area contributed by atoms with Gasteiger partial charge in [0, 0.05) is 19.3 Å². The van der Waals surface area contributed by atoms with Crippen molar-refractivity contribution in [2.75, 3.05) is 24.6 Å². The van der Waals surface area contributed by atoms with Crippen LogP contribution in [0, 0.1) is 11.8 Å². The first-order chi connectivity index (χ1) is 12.2. The molecule has 25 heavy (non-hydrogen) atoms. The third-order valence-electron chi connectivity index (χ3n) is 4.82. The Bertz CT molecular complexity index is 806. The molecular formula is C18H21N5O2. The van der Waals surface area contributed by atoms with Crippen LogP contribution in [0.1, 0.15) is 35.1 Å². The van der Waals surface area contributed by atoms with Crippen LogP contribution in [0.2, 0.25) is 0 Å². The van der Waals surface area contributed by atoms with Gasteiger partial charge in [0.15, 0.2) is 0 Å². The number of ether oxygens (including phenoxy) is 1. The summed E-state index contributed by atoms with van der Waals surface area (Å²) in [6.07, 6.45) is 8.07. The zero-order valence-electron chi connectivity index (χ0n) is 14.3. The summed E-state index contributed by atoms with van der Waals surface area (Å²) in [7, 11) is 0. The highest BCUT2D eigenvalue weighted by Crippen LogP contribution is 2.45. The fourth-order valence-electron chi connectivity index (χ4n) is 3.36. The Morgan fingerprint density at radius 3 is 2.92 bits per heavy atom. The molecule has 130 valence electrons. The predicted molar refractivity (Wildman–Crippen MR) is 93.2 cm³/mol. The smallest absolute Gasteiger partial charge is 0.341 e. The standard InChI is InChI=1S/C18H21N5O2/c1-3-15-16(11-23-10-14(6-20-23)18(24)25-4-2)19-7-17(21-15)22-8-12-5-13(12)9-22/h3,6-7,10,12-13H,1,4-5,8-9,11H2,2H3. The summed E-state index contributed by atoms with van der Waals surface area (Å²) in [4.78, 5) is 23.3. The van der Waals surface area contributed by atoms with Gasteiger partial charge in [-0.3, -0.25) is 9.67 Å². The summed E-state index contributed by atoms with van der Waals surface area (Å²) in [6, 6.07) is 0. The molecule has 2 atom stereocenters. The molecule has 0 aromatic carbocycles. The van der Waals surface area contributed by atoms with Gasteiger partial charge in [0.25, 0.3) is 0 Å². The van der Waals surface area contributed by atoms with Crippen LogP contribution in [0.5, 0.6) is 0 Å². The van der Waals surface area contributed by atoms with Crippen LogP contribution in [-0.4, -0.2) is 45.4 Å². The van der Waals surface area contributed by atoms with Crippen LogP contribution >= 0.6 is 0 Å². The van der Waals surface area contributed by atoms with Gasteiger partial charge in [0.05, 0.1) is 42.5 Å². The molecule has 2 aliphatic rings. The zero-order chi connectivity index (χ0) is 17.4. The normalized spacial score (nSPS) is 21.1. The second-order valence-corrected chi connectivity index (χ2v) is 6.57. The van der Waals surface area contributed by atoms with Gasteiger partial charge in [-0.15, -0.1) is 0 Å². The molecule has 0 bridgehead atoms. The summed E-state index contributed by atoms with van der Waals surface area (Å²) in [5.74, 6) is 2.24. The lowest BCUT2D eigenvalue weighted by molar-refractivity contribution is 0.0526. The van der Waals surface area contributed by atoms with Crippen LogP contribution in [-0.2, 0) is 11.3 Å². The maximum Gasteiger partial charge on any atom is 0.341 e. The minimum atomic E-state index is -0.369. The molecule has 0 amide bonds. The Labute approximate surface area is 146 Å². The first-order valence-electron chi connectivity index (χ1n) is 8.60. The number of rotatable bonds is 6. The molecule has 1 aliphatic carbocycles. The van der Waals surface area contributed by atoms with Crippen molar-refractivity contribution in [1.29, 1.82) is 0 Å². The molecule has 7 heteroatoms. The van der Waals surface area contributed by atoms with Crippen molar-refractivity contribution >= 4 is 17.9 Å². The number of carbonyl (C=O) groups is 1. The third kappa shape index (κ3) is 3.14. The Morgan fingerprint density at radius 2 is 2.20 bits per heavy atom. The molecule has 2 aromatic rings. The van der Waals surface area contributed by atoms with E-state index in [-0.39, 0.29) is 5.97 Å². The van der Waals surface area contributed by atoms with E-state index in [1.165, 1.54) is 12.6 Å². The van der Waals surface area contributed by atoms with E-state index >= 15 is 0 Å². The lowest BCUT2D eigenvalue weighted by atomic mass is 10.3. The summed E-state index contributed by atoms with van der Waals surface area (Å²) >= 11 is 0. The number of aromatic nitrogens is 4. The summed E-state index contributed by atoms with van der Waals surface area (Å²) in [5, 5.41) is 4.21. The lowest BCUT2D eigenvalue weighted by Gasteiger charge is -2.19. The Balaban J connectivity index is 1.50. The predicted octanol–water partition coefficient (Wildman–Crippen LogP) is 2.00. The SMILES string of the molecule is C=Cc1nc(N2CC3CC3C2)cnc1Cn1cc(C(=O)OCC)cn1. The summed E-state index contributed by atoms with van der Waals surface area (Å²) in [5.41, 5.74) is 1.97. The molecule has 7 nitrogen and oxygen atoms in total. The Kier molecular flexibility index (Phi) is 3.99. The second-order valence-electron chi connectivity index (χ2n) is 6.57. The van der Waals surface area contributed by atoms with Crippen LogP contribution in [0.15, 0.2) is 25.2 Å². The van der Waals surface area contributed by atoms with Gasteiger partial charge >= 0.3 is 5.97 Å². The van der Waals surface area contributed by atoms with E-state index < -0.39 is 0 Å². The Morgan fingerprint density at radius 1 is 1.40 bits per heavy atom. The first kappa shape index (κ1) is 15.8. The van der Waals surface area contributed by atoms with E-state index in [0.29, 0.717) is 18.7 Å². The van der Waals surface area contributed by atoms with Crippen molar-refractivity contribution in [1.82, 2.24) is 19.7 Å². The monoisotopic (exact) mass is 339 g/mol. The quantitative estimate of drug-likeness (QED) is 0.750. The minimum Gasteiger partial charge on any atom is -0.462 e. The maximum absolute atomic E-state index is 11.7. The molecule has 1 saturated carbocycles. The average molecular weight is 339 g/mol. The van der Waals surface area contributed by atoms with Crippen LogP contribution < -0.4 is 4.90 Å². The van der Waals surface area contributed by atoms with E-state index in [9.17, 15) is 4.79 Å². The molecule has 0 N–H and O–H groups in total. The molecule has 1 saturated heterocycles. The highest BCUT2D eigenvalue weighted by atomic mass is 16.5. The number of hydrogen-bond donors (Lipinski definition) is 0. The van der Waals surface area contributed by atoms with Crippen molar-refractivity contribution in [2.45, 2.75) is 19.9 Å². The van der Waals surface area contributed by atoms with Crippen molar-refractivity contribution in [3.63, 3.8) is 0 Å². The van der Waals surface area contributed by atoms with E-state index in [4.69, 9.17) is 9.72 Å². The number of anilines is 1. The fraction of sp³-hybridized carbons (Fsp3) is 0.444. The number of carbonyl (C=O) groups excluding carboxylic acids is 1. The van der Waals surface area contributed by atoms with Crippen molar-refractivity contribution in [3.8, 4) is 0 Å². The van der Waals surface area contributed by atoms with E-state index in [2.05, 4.69) is 21.6 Å². The topological polar surface area (TPSA) is 73.1 Å². The minimum absolute atomic E-state index is 0.343. The van der Waals surface area contributed by atoms with Gasteiger partial charge < -0.3 is 9.64 Å². The van der Waals surface area contributed by atoms with E-state index in [1.807, 2.05) is 6.20 Å². The highest BCUT2D eigenvalue weighted by Gasteiger charge is 2.45. The summed E-state index contributed by atoms with van der Waals surface area (Å²) < 4.78 is 6.64. The third-order valence-corrected chi connectivity index (χ3v) is 4.82. The fourth-order valence-corrected chi connectivity index (χ4v) is 3.36. The molecule has 0 spiro atoms. The van der Waals surface area contributed by atoms with E-state index in [1.54, 1.807) is 23.9 Å².